The van der Waals surface area contributed by atoms with Gasteiger partial charge in [-0.15, -0.1) is 0 Å². The normalized spacial score (nSPS) is 13.9. The second-order valence-corrected chi connectivity index (χ2v) is 19.0. The highest BCUT2D eigenvalue weighted by molar-refractivity contribution is 7.47. The molecule has 0 aromatic heterocycles. The highest BCUT2D eigenvalue weighted by Crippen LogP contribution is 2.43. The monoisotopic (exact) mass is 913 g/mol. The van der Waals surface area contributed by atoms with E-state index in [1.54, 1.807) is 0 Å². The summed E-state index contributed by atoms with van der Waals surface area (Å²) in [7, 11) is -4.63. The summed E-state index contributed by atoms with van der Waals surface area (Å²) in [5.74, 6) is -0.968. The van der Waals surface area contributed by atoms with E-state index in [9.17, 15) is 24.2 Å². The largest absolute Gasteiger partial charge is 0.472 e. The van der Waals surface area contributed by atoms with Gasteiger partial charge in [-0.3, -0.25) is 18.6 Å². The summed E-state index contributed by atoms with van der Waals surface area (Å²) in [6.45, 7) is 2.37. The van der Waals surface area contributed by atoms with Gasteiger partial charge in [-0.1, -0.05) is 198 Å². The van der Waals surface area contributed by atoms with Crippen molar-refractivity contribution in [3.8, 4) is 0 Å². The molecule has 11 heteroatoms. The maximum atomic E-state index is 12.7. The standard InChI is InChI=1S/C52H97O10P/c1-3-5-7-9-11-13-15-17-19-21-22-23-24-25-26-28-29-31-33-35-37-39-41-43-51(55)59-47-50(48-61-63(57,58)60-46-49(54)45-53)62-52(56)44-42-40-38-36-34-32-30-27-20-18-16-14-12-10-8-6-4-2/h14,16,28-29,35,37,49-50,53-54H,3-13,15,17-27,30-34,36,38-48H2,1-2H3,(H,57,58)/b16-14+,29-28+,37-35+/t49-,50+/m1/s1. The summed E-state index contributed by atoms with van der Waals surface area (Å²) in [5.41, 5.74) is 0. The molecule has 0 amide bonds. The van der Waals surface area contributed by atoms with Crippen LogP contribution in [0.5, 0.6) is 0 Å². The first-order valence-corrected chi connectivity index (χ1v) is 27.4. The molecular formula is C52H97O10P. The maximum absolute atomic E-state index is 12.7. The van der Waals surface area contributed by atoms with E-state index in [2.05, 4.69) is 50.3 Å². The fraction of sp³-hybridized carbons (Fsp3) is 0.846. The molecule has 0 aromatic rings. The first-order valence-electron chi connectivity index (χ1n) is 25.9. The molecule has 0 aliphatic rings. The first-order chi connectivity index (χ1) is 30.7. The number of hydrogen-bond donors (Lipinski definition) is 3. The number of esters is 2. The summed E-state index contributed by atoms with van der Waals surface area (Å²) in [5, 5.41) is 18.4. The molecule has 3 atom stereocenters. The van der Waals surface area contributed by atoms with Crippen LogP contribution >= 0.6 is 7.82 Å². The van der Waals surface area contributed by atoms with Crippen molar-refractivity contribution in [2.75, 3.05) is 26.4 Å². The van der Waals surface area contributed by atoms with E-state index in [-0.39, 0.29) is 19.4 Å². The van der Waals surface area contributed by atoms with Gasteiger partial charge in [-0.2, -0.15) is 0 Å². The second-order valence-electron chi connectivity index (χ2n) is 17.5. The lowest BCUT2D eigenvalue weighted by molar-refractivity contribution is -0.161. The molecule has 1 unspecified atom stereocenters. The molecule has 63 heavy (non-hydrogen) atoms. The first kappa shape index (κ1) is 61.2. The van der Waals surface area contributed by atoms with E-state index >= 15 is 0 Å². The third kappa shape index (κ3) is 48.0. The summed E-state index contributed by atoms with van der Waals surface area (Å²) < 4.78 is 32.8. The number of allylic oxidation sites excluding steroid dienone is 6. The van der Waals surface area contributed by atoms with Gasteiger partial charge in [0, 0.05) is 12.8 Å². The van der Waals surface area contributed by atoms with Crippen LogP contribution in [0.2, 0.25) is 0 Å². The molecule has 3 N–H and O–H groups in total. The van der Waals surface area contributed by atoms with Crippen molar-refractivity contribution in [1.82, 2.24) is 0 Å². The Morgan fingerprint density at radius 2 is 0.810 bits per heavy atom. The molecule has 370 valence electrons. The van der Waals surface area contributed by atoms with Crippen molar-refractivity contribution in [3.05, 3.63) is 36.5 Å². The van der Waals surface area contributed by atoms with Crippen molar-refractivity contribution >= 4 is 19.8 Å². The maximum Gasteiger partial charge on any atom is 0.472 e. The van der Waals surface area contributed by atoms with Gasteiger partial charge in [0.15, 0.2) is 6.10 Å². The Morgan fingerprint density at radius 1 is 0.460 bits per heavy atom. The number of phosphoric acid groups is 1. The number of ether oxygens (including phenoxy) is 2. The van der Waals surface area contributed by atoms with Gasteiger partial charge in [-0.25, -0.2) is 4.57 Å². The molecule has 10 nitrogen and oxygen atoms in total. The Bertz CT molecular complexity index is 1140. The number of phosphoric ester groups is 1. The van der Waals surface area contributed by atoms with E-state index in [4.69, 9.17) is 23.6 Å². The highest BCUT2D eigenvalue weighted by Gasteiger charge is 2.27. The van der Waals surface area contributed by atoms with Crippen molar-refractivity contribution in [3.63, 3.8) is 0 Å². The van der Waals surface area contributed by atoms with Crippen LogP contribution in [0.25, 0.3) is 0 Å². The van der Waals surface area contributed by atoms with Crippen molar-refractivity contribution in [1.29, 1.82) is 0 Å². The average molecular weight is 913 g/mol. The Hall–Kier alpha value is -1.81. The van der Waals surface area contributed by atoms with Gasteiger partial charge in [0.25, 0.3) is 0 Å². The fourth-order valence-corrected chi connectivity index (χ4v) is 8.03. The molecular weight excluding hydrogens is 816 g/mol. The quantitative estimate of drug-likeness (QED) is 0.0233. The predicted molar refractivity (Wildman–Crippen MR) is 261 cm³/mol. The average Bonchev–Trinajstić information content (AvgIpc) is 3.27. The Kier molecular flexibility index (Phi) is 46.7. The number of carbonyl (C=O) groups is 2. The Morgan fingerprint density at radius 3 is 1.25 bits per heavy atom. The second kappa shape index (κ2) is 48.1. The van der Waals surface area contributed by atoms with Gasteiger partial charge >= 0.3 is 19.8 Å². The van der Waals surface area contributed by atoms with Gasteiger partial charge < -0.3 is 24.6 Å². The molecule has 0 aliphatic heterocycles. The molecule has 0 fully saturated rings. The smallest absolute Gasteiger partial charge is 0.462 e. The van der Waals surface area contributed by atoms with Crippen LogP contribution in [0, 0.1) is 0 Å². The zero-order valence-corrected chi connectivity index (χ0v) is 41.4. The number of hydrogen-bond acceptors (Lipinski definition) is 9. The van der Waals surface area contributed by atoms with Gasteiger partial charge in [0.2, 0.25) is 0 Å². The van der Waals surface area contributed by atoms with E-state index in [0.717, 1.165) is 44.9 Å². The summed E-state index contributed by atoms with van der Waals surface area (Å²) in [6.07, 6.45) is 52.7. The topological polar surface area (TPSA) is 149 Å². The van der Waals surface area contributed by atoms with Crippen LogP contribution in [0.1, 0.15) is 245 Å². The molecule has 0 spiro atoms. The number of rotatable bonds is 49. The molecule has 0 saturated carbocycles. The van der Waals surface area contributed by atoms with Crippen LogP contribution in [-0.4, -0.2) is 65.7 Å². The summed E-state index contributed by atoms with van der Waals surface area (Å²) in [4.78, 5) is 35.1. The molecule has 0 aliphatic carbocycles. The lowest BCUT2D eigenvalue weighted by Gasteiger charge is -2.20. The third-order valence-electron chi connectivity index (χ3n) is 11.2. The third-order valence-corrected chi connectivity index (χ3v) is 12.2. The van der Waals surface area contributed by atoms with Crippen molar-refractivity contribution in [2.45, 2.75) is 257 Å². The Balaban J connectivity index is 4.20. The number of aliphatic hydroxyl groups is 2. The highest BCUT2D eigenvalue weighted by atomic mass is 31.2. The lowest BCUT2D eigenvalue weighted by atomic mass is 10.0. The fourth-order valence-electron chi connectivity index (χ4n) is 7.25. The van der Waals surface area contributed by atoms with Crippen LogP contribution < -0.4 is 0 Å². The summed E-state index contributed by atoms with van der Waals surface area (Å²) >= 11 is 0. The van der Waals surface area contributed by atoms with Crippen LogP contribution in [0.4, 0.5) is 0 Å². The van der Waals surface area contributed by atoms with E-state index in [1.807, 2.05) is 0 Å². The van der Waals surface area contributed by atoms with Crippen molar-refractivity contribution < 1.29 is 47.8 Å². The number of unbranched alkanes of at least 4 members (excludes halogenated alkanes) is 29. The molecule has 0 saturated heterocycles. The Labute approximate surface area is 386 Å². The van der Waals surface area contributed by atoms with Crippen LogP contribution in [0.15, 0.2) is 36.5 Å². The minimum Gasteiger partial charge on any atom is -0.462 e. The van der Waals surface area contributed by atoms with E-state index < -0.39 is 51.8 Å². The minimum absolute atomic E-state index is 0.175. The molecule has 0 radical (unpaired) electrons. The molecule has 0 rings (SSSR count). The summed E-state index contributed by atoms with van der Waals surface area (Å²) in [6, 6.07) is 0. The van der Waals surface area contributed by atoms with Gasteiger partial charge in [0.05, 0.1) is 19.8 Å². The van der Waals surface area contributed by atoms with Gasteiger partial charge in [0.1, 0.15) is 12.7 Å². The van der Waals surface area contributed by atoms with Crippen molar-refractivity contribution in [2.24, 2.45) is 0 Å². The zero-order chi connectivity index (χ0) is 46.2. The van der Waals surface area contributed by atoms with Crippen LogP contribution in [-0.2, 0) is 32.7 Å². The zero-order valence-electron chi connectivity index (χ0n) is 40.5. The predicted octanol–water partition coefficient (Wildman–Crippen LogP) is 14.7. The van der Waals surface area contributed by atoms with E-state index in [0.29, 0.717) is 12.8 Å². The molecule has 0 bridgehead atoms. The SMILES string of the molecule is CCCCCC/C=C/CCCCCCCCCCCC(=O)O[C@@H](COC(=O)CCC/C=C/CC/C=C/CCCCCCCCCCCCCCCC)COP(=O)(O)OC[C@H](O)CO. The number of carbonyl (C=O) groups excluding carboxylic acids is 2. The minimum atomic E-state index is -4.63. The van der Waals surface area contributed by atoms with E-state index in [1.165, 1.54) is 161 Å². The molecule has 0 aromatic carbocycles. The molecule has 0 heterocycles. The van der Waals surface area contributed by atoms with Gasteiger partial charge in [-0.05, 0) is 70.6 Å². The number of aliphatic hydroxyl groups excluding tert-OH is 2. The van der Waals surface area contributed by atoms with Crippen LogP contribution in [0.3, 0.4) is 0 Å². The lowest BCUT2D eigenvalue weighted by Crippen LogP contribution is -2.29.